The monoisotopic (exact) mass is 985 g/mol. The fourth-order valence-corrected chi connectivity index (χ4v) is 12.6. The molecule has 354 valence electrons. The zero-order valence-electron chi connectivity index (χ0n) is 36.5. The summed E-state index contributed by atoms with van der Waals surface area (Å²) in [5, 5.41) is 3.73. The van der Waals surface area contributed by atoms with Crippen LogP contribution in [0.25, 0.3) is 5.57 Å². The van der Waals surface area contributed by atoms with E-state index in [2.05, 4.69) is 38.2 Å². The summed E-state index contributed by atoms with van der Waals surface area (Å²) in [5.74, 6) is -0.639. The van der Waals surface area contributed by atoms with Crippen molar-refractivity contribution in [1.29, 1.82) is 0 Å². The van der Waals surface area contributed by atoms with Crippen molar-refractivity contribution in [3.63, 3.8) is 0 Å². The molecule has 0 aromatic heterocycles. The Hall–Kier alpha value is -4.10. The first-order chi connectivity index (χ1) is 31.6. The molecule has 11 nitrogen and oxygen atoms in total. The van der Waals surface area contributed by atoms with E-state index in [4.69, 9.17) is 16.3 Å². The maximum Gasteiger partial charge on any atom is 0.501 e. The van der Waals surface area contributed by atoms with Crippen LogP contribution in [0.5, 0.6) is 0 Å². The van der Waals surface area contributed by atoms with Crippen LogP contribution in [0.15, 0.2) is 118 Å². The van der Waals surface area contributed by atoms with Crippen molar-refractivity contribution in [2.45, 2.75) is 77.2 Å². The Bertz CT molecular complexity index is 2560. The maximum absolute atomic E-state index is 14.2. The van der Waals surface area contributed by atoms with E-state index in [-0.39, 0.29) is 11.0 Å². The molecular formula is C48H55ClF3N5O6S3. The van der Waals surface area contributed by atoms with Crippen LogP contribution in [-0.2, 0) is 24.6 Å². The van der Waals surface area contributed by atoms with Crippen molar-refractivity contribution in [3.8, 4) is 0 Å². The SMILES string of the molecule is O=C(NS(=O)(=O)c1ccc(NC(CCN2CCOCC2)CSc2ccccc2)c(S(=O)(=O)C(F)(F)F)c1)c1ccc(N2CCC3(CC2)CN(C2CCCCC=C2c2ccc(Cl)cc2)C3)cc1. The molecule has 4 aliphatic rings. The Morgan fingerprint density at radius 2 is 1.58 bits per heavy atom. The van der Waals surface area contributed by atoms with Crippen molar-refractivity contribution in [3.05, 3.63) is 119 Å². The number of halogens is 4. The minimum atomic E-state index is -6.05. The molecule has 1 amide bonds. The number of ether oxygens (including phenoxy) is 1. The number of carbonyl (C=O) groups is 1. The van der Waals surface area contributed by atoms with Gasteiger partial charge in [0.15, 0.2) is 0 Å². The molecule has 2 N–H and O–H groups in total. The number of sulfonamides is 1. The molecule has 2 atom stereocenters. The number of thioether (sulfide) groups is 1. The summed E-state index contributed by atoms with van der Waals surface area (Å²) >= 11 is 7.65. The van der Waals surface area contributed by atoms with E-state index in [0.29, 0.717) is 57.1 Å². The average Bonchev–Trinajstić information content (AvgIpc) is 3.56. The Morgan fingerprint density at radius 3 is 2.26 bits per heavy atom. The predicted octanol–water partition coefficient (Wildman–Crippen LogP) is 8.98. The summed E-state index contributed by atoms with van der Waals surface area (Å²) in [5.41, 5.74) is -2.37. The fraction of sp³-hybridized carbons (Fsp3) is 0.438. The largest absolute Gasteiger partial charge is 0.501 e. The number of morpholine rings is 1. The molecule has 3 saturated heterocycles. The number of nitrogens with one attached hydrogen (secondary N) is 2. The highest BCUT2D eigenvalue weighted by Gasteiger charge is 2.49. The molecule has 2 unspecified atom stereocenters. The first-order valence-corrected chi connectivity index (χ1v) is 26.7. The smallest absolute Gasteiger partial charge is 0.380 e. The van der Waals surface area contributed by atoms with E-state index in [9.17, 15) is 34.8 Å². The third kappa shape index (κ3) is 11.4. The summed E-state index contributed by atoms with van der Waals surface area (Å²) in [6, 6.07) is 26.4. The summed E-state index contributed by atoms with van der Waals surface area (Å²) in [6.45, 7) is 6.76. The highest BCUT2D eigenvalue weighted by Crippen LogP contribution is 2.45. The van der Waals surface area contributed by atoms with Gasteiger partial charge in [-0.25, -0.2) is 21.6 Å². The summed E-state index contributed by atoms with van der Waals surface area (Å²) in [7, 11) is -10.9. The van der Waals surface area contributed by atoms with Gasteiger partial charge in [0.25, 0.3) is 25.8 Å². The van der Waals surface area contributed by atoms with E-state index in [1.807, 2.05) is 47.2 Å². The van der Waals surface area contributed by atoms with Gasteiger partial charge in [0, 0.05) is 84.8 Å². The van der Waals surface area contributed by atoms with Crippen molar-refractivity contribution in [2.24, 2.45) is 5.41 Å². The first kappa shape index (κ1) is 48.4. The van der Waals surface area contributed by atoms with E-state index in [0.717, 1.165) is 79.6 Å². The molecule has 4 aromatic carbocycles. The van der Waals surface area contributed by atoms with Gasteiger partial charge in [-0.3, -0.25) is 14.6 Å². The molecule has 3 heterocycles. The summed E-state index contributed by atoms with van der Waals surface area (Å²) in [4.78, 5) is 19.3. The quantitative estimate of drug-likeness (QED) is 0.111. The normalized spacial score (nSPS) is 20.2. The van der Waals surface area contributed by atoms with E-state index >= 15 is 0 Å². The topological polar surface area (TPSA) is 128 Å². The lowest BCUT2D eigenvalue weighted by Crippen LogP contribution is -2.63. The van der Waals surface area contributed by atoms with Crippen molar-refractivity contribution < 1.29 is 39.5 Å². The third-order valence-corrected chi connectivity index (χ3v) is 17.5. The molecule has 0 radical (unpaired) electrons. The van der Waals surface area contributed by atoms with Gasteiger partial charge in [0.2, 0.25) is 0 Å². The van der Waals surface area contributed by atoms with Crippen LogP contribution in [0.4, 0.5) is 24.5 Å². The standard InChI is InChI=1S/C48H55ClF3N5O6S3/c49-37-15-11-35(12-16-37)42-9-5-2-6-10-44(42)57-33-47(34-57)22-25-56(26-23-47)39-17-13-36(14-18-39)46(58)54-66(61,62)41-19-20-43(45(31-41)65(59,60)48(50,51)52)53-38(21-24-55-27-29-63-30-28-55)32-64-40-7-3-1-4-8-40/h1,3-4,7-9,11-20,31,38,44,53H,2,5-6,10,21-30,32-34H2,(H,54,58). The van der Waals surface area contributed by atoms with E-state index in [1.54, 1.807) is 12.1 Å². The van der Waals surface area contributed by atoms with Gasteiger partial charge in [-0.15, -0.1) is 11.8 Å². The number of piperidine rings is 1. The Balaban J connectivity index is 0.909. The van der Waals surface area contributed by atoms with Crippen LogP contribution < -0.4 is 14.9 Å². The highest BCUT2D eigenvalue weighted by atomic mass is 35.5. The van der Waals surface area contributed by atoms with Gasteiger partial charge in [-0.1, -0.05) is 54.4 Å². The second-order valence-corrected chi connectivity index (χ2v) is 22.8. The zero-order chi connectivity index (χ0) is 46.5. The number of amides is 1. The maximum atomic E-state index is 14.2. The Morgan fingerprint density at radius 1 is 0.879 bits per heavy atom. The van der Waals surface area contributed by atoms with E-state index < -0.39 is 52.8 Å². The summed E-state index contributed by atoms with van der Waals surface area (Å²) in [6.07, 6.45) is 9.48. The number of nitrogens with zero attached hydrogens (tertiary/aromatic N) is 3. The molecule has 0 saturated carbocycles. The first-order valence-electron chi connectivity index (χ1n) is 22.4. The van der Waals surface area contributed by atoms with Gasteiger partial charge in [-0.2, -0.15) is 13.2 Å². The molecule has 1 spiro atoms. The second-order valence-electron chi connectivity index (χ2n) is 17.7. The molecular weight excluding hydrogens is 931 g/mol. The molecule has 0 bridgehead atoms. The van der Waals surface area contributed by atoms with E-state index in [1.165, 1.54) is 47.9 Å². The molecule has 66 heavy (non-hydrogen) atoms. The van der Waals surface area contributed by atoms with Crippen LogP contribution in [-0.4, -0.2) is 115 Å². The van der Waals surface area contributed by atoms with Crippen LogP contribution in [0.2, 0.25) is 5.02 Å². The lowest BCUT2D eigenvalue weighted by molar-refractivity contribution is -0.0435. The average molecular weight is 987 g/mol. The number of hydrogen-bond acceptors (Lipinski definition) is 11. The van der Waals surface area contributed by atoms with Crippen LogP contribution in [0.1, 0.15) is 60.9 Å². The van der Waals surface area contributed by atoms with Crippen LogP contribution in [0, 0.1) is 5.41 Å². The number of hydrogen-bond donors (Lipinski definition) is 2. The van der Waals surface area contributed by atoms with Gasteiger partial charge < -0.3 is 15.0 Å². The fourth-order valence-electron chi connectivity index (χ4n) is 9.45. The number of benzene rings is 4. The Labute approximate surface area is 395 Å². The highest BCUT2D eigenvalue weighted by molar-refractivity contribution is 7.99. The minimum Gasteiger partial charge on any atom is -0.380 e. The van der Waals surface area contributed by atoms with Crippen molar-refractivity contribution >= 4 is 66.1 Å². The number of likely N-dealkylation sites (tertiary alicyclic amines) is 1. The molecule has 8 rings (SSSR count). The van der Waals surface area contributed by atoms with Gasteiger partial charge >= 0.3 is 5.51 Å². The van der Waals surface area contributed by atoms with Crippen molar-refractivity contribution in [2.75, 3.05) is 75.0 Å². The minimum absolute atomic E-state index is 0.0128. The number of rotatable bonds is 15. The van der Waals surface area contributed by atoms with Crippen molar-refractivity contribution in [1.82, 2.24) is 14.5 Å². The number of sulfone groups is 1. The molecule has 18 heteroatoms. The van der Waals surface area contributed by atoms with Gasteiger partial charge in [-0.05, 0) is 122 Å². The summed E-state index contributed by atoms with van der Waals surface area (Å²) < 4.78 is 103. The second kappa shape index (κ2) is 20.6. The van der Waals surface area contributed by atoms with Crippen LogP contribution >= 0.6 is 23.4 Å². The number of alkyl halides is 3. The number of carbonyl (C=O) groups excluding carboxylic acids is 1. The third-order valence-electron chi connectivity index (χ3n) is 13.2. The molecule has 1 aliphatic carbocycles. The molecule has 3 fully saturated rings. The lowest BCUT2D eigenvalue weighted by Gasteiger charge is -2.57. The van der Waals surface area contributed by atoms with Crippen LogP contribution in [0.3, 0.4) is 0 Å². The Kier molecular flexibility index (Phi) is 15.1. The zero-order valence-corrected chi connectivity index (χ0v) is 39.7. The predicted molar refractivity (Wildman–Crippen MR) is 254 cm³/mol. The lowest BCUT2D eigenvalue weighted by atomic mass is 9.70. The van der Waals surface area contributed by atoms with Gasteiger partial charge in [0.1, 0.15) is 4.90 Å². The number of allylic oxidation sites excluding steroid dienone is 1. The number of anilines is 2. The molecule has 3 aliphatic heterocycles. The molecule has 4 aromatic rings. The van der Waals surface area contributed by atoms with Gasteiger partial charge in [0.05, 0.1) is 23.8 Å².